The van der Waals surface area contributed by atoms with Crippen molar-refractivity contribution in [1.82, 2.24) is 0 Å². The van der Waals surface area contributed by atoms with Crippen molar-refractivity contribution in [3.63, 3.8) is 0 Å². The lowest BCUT2D eigenvalue weighted by Gasteiger charge is -2.34. The summed E-state index contributed by atoms with van der Waals surface area (Å²) < 4.78 is 26.3. The molecule has 9 heteroatoms. The Kier molecular flexibility index (Phi) is 6.69. The van der Waals surface area contributed by atoms with E-state index in [4.69, 9.17) is 23.7 Å². The summed E-state index contributed by atoms with van der Waals surface area (Å²) in [6.45, 7) is -0.410. The van der Waals surface area contributed by atoms with E-state index >= 15 is 0 Å². The lowest BCUT2D eigenvalue weighted by molar-refractivity contribution is -0.136. The van der Waals surface area contributed by atoms with Crippen molar-refractivity contribution in [3.05, 3.63) is 40.5 Å². The van der Waals surface area contributed by atoms with Gasteiger partial charge in [-0.2, -0.15) is 0 Å². The van der Waals surface area contributed by atoms with Crippen LogP contribution in [0, 0.1) is 5.92 Å². The van der Waals surface area contributed by atoms with Crippen molar-refractivity contribution < 1.29 is 43.8 Å². The zero-order valence-corrected chi connectivity index (χ0v) is 18.5. The van der Waals surface area contributed by atoms with Gasteiger partial charge >= 0.3 is 5.97 Å². The summed E-state index contributed by atoms with van der Waals surface area (Å²) in [6.07, 6.45) is 1.58. The molecular formula is C23H26O9. The second kappa shape index (κ2) is 9.27. The van der Waals surface area contributed by atoms with Crippen LogP contribution >= 0.6 is 0 Å². The van der Waals surface area contributed by atoms with Crippen LogP contribution in [-0.2, 0) is 9.53 Å². The number of rotatable bonds is 7. The monoisotopic (exact) mass is 446 g/mol. The van der Waals surface area contributed by atoms with E-state index in [0.29, 0.717) is 16.7 Å². The van der Waals surface area contributed by atoms with Gasteiger partial charge < -0.3 is 39.0 Å². The van der Waals surface area contributed by atoms with E-state index in [1.807, 2.05) is 0 Å². The van der Waals surface area contributed by atoms with E-state index in [1.54, 1.807) is 24.3 Å². The predicted molar refractivity (Wildman–Crippen MR) is 115 cm³/mol. The van der Waals surface area contributed by atoms with Crippen molar-refractivity contribution in [2.24, 2.45) is 5.92 Å². The van der Waals surface area contributed by atoms with Gasteiger partial charge in [-0.15, -0.1) is 0 Å². The molecule has 32 heavy (non-hydrogen) atoms. The van der Waals surface area contributed by atoms with Crippen molar-refractivity contribution in [3.8, 4) is 34.5 Å². The molecule has 1 aliphatic rings. The maximum Gasteiger partial charge on any atom is 0.334 e. The Morgan fingerprint density at radius 3 is 1.91 bits per heavy atom. The molecule has 0 spiro atoms. The Labute approximate surface area is 185 Å². The van der Waals surface area contributed by atoms with Crippen LogP contribution in [-0.4, -0.2) is 63.4 Å². The van der Waals surface area contributed by atoms with Crippen LogP contribution in [0.25, 0.3) is 6.08 Å². The third kappa shape index (κ3) is 3.64. The van der Waals surface area contributed by atoms with E-state index in [-0.39, 0.29) is 40.1 Å². The molecule has 3 N–H and O–H groups in total. The fourth-order valence-corrected chi connectivity index (χ4v) is 4.14. The minimum absolute atomic E-state index is 0.133. The first-order valence-corrected chi connectivity index (χ1v) is 9.70. The molecule has 2 atom stereocenters. The zero-order valence-electron chi connectivity index (χ0n) is 18.5. The van der Waals surface area contributed by atoms with Gasteiger partial charge in [0.15, 0.2) is 23.0 Å². The molecule has 2 aromatic rings. The molecule has 0 saturated heterocycles. The van der Waals surface area contributed by atoms with Crippen molar-refractivity contribution in [2.45, 2.75) is 5.92 Å². The number of ether oxygens (including phenoxy) is 5. The highest BCUT2D eigenvalue weighted by atomic mass is 16.5. The molecule has 0 amide bonds. The first-order chi connectivity index (χ1) is 15.4. The largest absolute Gasteiger partial charge is 0.502 e. The molecule has 0 radical (unpaired) electrons. The van der Waals surface area contributed by atoms with E-state index in [9.17, 15) is 20.1 Å². The Bertz CT molecular complexity index is 1030. The van der Waals surface area contributed by atoms with Crippen LogP contribution in [0.15, 0.2) is 23.8 Å². The Hall–Kier alpha value is -3.59. The van der Waals surface area contributed by atoms with E-state index in [0.717, 1.165) is 0 Å². The van der Waals surface area contributed by atoms with Crippen LogP contribution in [0.5, 0.6) is 34.5 Å². The average molecular weight is 446 g/mol. The number of aromatic hydroxyl groups is 2. The molecule has 0 saturated carbocycles. The SMILES string of the molecule is COC(=O)C1=Cc2cc(OC)c(O)c(OC)c2C(c2cc(OC)c(O)c(OC)c2)C1CO. The number of fused-ring (bicyclic) bond motifs is 1. The van der Waals surface area contributed by atoms with Gasteiger partial charge in [0.2, 0.25) is 11.5 Å². The molecule has 0 aromatic heterocycles. The number of hydrogen-bond acceptors (Lipinski definition) is 9. The number of esters is 1. The molecule has 2 unspecified atom stereocenters. The maximum atomic E-state index is 12.6. The average Bonchev–Trinajstić information content (AvgIpc) is 2.82. The van der Waals surface area contributed by atoms with Gasteiger partial charge in [-0.05, 0) is 35.4 Å². The quantitative estimate of drug-likeness (QED) is 0.550. The molecule has 172 valence electrons. The Morgan fingerprint density at radius 1 is 0.875 bits per heavy atom. The van der Waals surface area contributed by atoms with Crippen LogP contribution in [0.4, 0.5) is 0 Å². The number of aliphatic hydroxyl groups excluding tert-OH is 1. The van der Waals surface area contributed by atoms with Gasteiger partial charge in [-0.25, -0.2) is 4.79 Å². The van der Waals surface area contributed by atoms with E-state index in [2.05, 4.69) is 0 Å². The first-order valence-electron chi connectivity index (χ1n) is 9.70. The topological polar surface area (TPSA) is 124 Å². The Balaban J connectivity index is 2.41. The van der Waals surface area contributed by atoms with Gasteiger partial charge in [-0.3, -0.25) is 0 Å². The number of phenolic OH excluding ortho intramolecular Hbond substituents is 2. The molecule has 0 aliphatic heterocycles. The van der Waals surface area contributed by atoms with Crippen LogP contribution in [0.1, 0.15) is 22.6 Å². The molecule has 9 nitrogen and oxygen atoms in total. The third-order valence-electron chi connectivity index (χ3n) is 5.62. The number of benzene rings is 2. The zero-order chi connectivity index (χ0) is 23.6. The fourth-order valence-electron chi connectivity index (χ4n) is 4.14. The number of aliphatic hydroxyl groups is 1. The summed E-state index contributed by atoms with van der Waals surface area (Å²) in [5, 5.41) is 31.4. The molecule has 0 fully saturated rings. The van der Waals surface area contributed by atoms with Gasteiger partial charge in [0.05, 0.1) is 42.2 Å². The summed E-state index contributed by atoms with van der Waals surface area (Å²) >= 11 is 0. The summed E-state index contributed by atoms with van der Waals surface area (Å²) in [7, 11) is 6.85. The summed E-state index contributed by atoms with van der Waals surface area (Å²) in [5.41, 5.74) is 1.84. The van der Waals surface area contributed by atoms with E-state index < -0.39 is 24.4 Å². The van der Waals surface area contributed by atoms with Crippen molar-refractivity contribution in [1.29, 1.82) is 0 Å². The normalized spacial score (nSPS) is 17.1. The van der Waals surface area contributed by atoms with Gasteiger partial charge in [0.1, 0.15) is 0 Å². The summed E-state index contributed by atoms with van der Waals surface area (Å²) in [4.78, 5) is 12.6. The highest BCUT2D eigenvalue weighted by Gasteiger charge is 2.40. The number of phenols is 2. The highest BCUT2D eigenvalue weighted by Crippen LogP contribution is 2.53. The van der Waals surface area contributed by atoms with Gasteiger partial charge in [0.25, 0.3) is 0 Å². The minimum atomic E-state index is -0.754. The number of carbonyl (C=O) groups is 1. The number of hydrogen-bond donors (Lipinski definition) is 3. The lowest BCUT2D eigenvalue weighted by atomic mass is 9.71. The van der Waals surface area contributed by atoms with Crippen LogP contribution in [0.2, 0.25) is 0 Å². The van der Waals surface area contributed by atoms with Crippen LogP contribution in [0.3, 0.4) is 0 Å². The van der Waals surface area contributed by atoms with Gasteiger partial charge in [-0.1, -0.05) is 0 Å². The van der Waals surface area contributed by atoms with Crippen molar-refractivity contribution >= 4 is 12.0 Å². The minimum Gasteiger partial charge on any atom is -0.502 e. The maximum absolute atomic E-state index is 12.6. The smallest absolute Gasteiger partial charge is 0.334 e. The molecule has 3 rings (SSSR count). The molecule has 0 heterocycles. The van der Waals surface area contributed by atoms with Crippen LogP contribution < -0.4 is 18.9 Å². The third-order valence-corrected chi connectivity index (χ3v) is 5.62. The standard InChI is InChI=1S/C23H26O9/c1-28-15-8-12(9-16(29-2)20(15)25)18-14(10-24)13(23(27)32-5)6-11-7-17(30-3)21(26)22(31-4)19(11)18/h6-9,14,18,24-26H,10H2,1-5H3. The van der Waals surface area contributed by atoms with Gasteiger partial charge in [0, 0.05) is 23.0 Å². The number of carbonyl (C=O) groups excluding carboxylic acids is 1. The molecule has 2 aromatic carbocycles. The summed E-state index contributed by atoms with van der Waals surface area (Å²) in [6, 6.07) is 4.73. The number of methoxy groups -OCH3 is 5. The Morgan fingerprint density at radius 2 is 1.44 bits per heavy atom. The van der Waals surface area contributed by atoms with E-state index in [1.165, 1.54) is 35.5 Å². The summed E-state index contributed by atoms with van der Waals surface area (Å²) in [5.74, 6) is -1.89. The van der Waals surface area contributed by atoms with Crippen molar-refractivity contribution in [2.75, 3.05) is 42.2 Å². The lowest BCUT2D eigenvalue weighted by Crippen LogP contribution is -2.29. The molecule has 1 aliphatic carbocycles. The second-order valence-electron chi connectivity index (χ2n) is 7.10. The second-order valence-corrected chi connectivity index (χ2v) is 7.10. The fraction of sp³-hybridized carbons (Fsp3) is 0.348. The highest BCUT2D eigenvalue weighted by molar-refractivity contribution is 5.96. The predicted octanol–water partition coefficient (Wildman–Crippen LogP) is 2.44. The molecular weight excluding hydrogens is 420 g/mol. The first kappa shape index (κ1) is 23.1. The molecule has 0 bridgehead atoms.